The second-order valence-corrected chi connectivity index (χ2v) is 8.86. The predicted molar refractivity (Wildman–Crippen MR) is 107 cm³/mol. The first-order valence-corrected chi connectivity index (χ1v) is 11.0. The maximum Gasteiger partial charge on any atom is 0.304 e. The SMILES string of the molecule is COc1c(-c2cc(C)n(C)n2)c(O)c(S(=O)(=O)OC2CCCCC2)c2occc12. The van der Waals surface area contributed by atoms with Crippen molar-refractivity contribution in [3.05, 3.63) is 24.1 Å². The minimum Gasteiger partial charge on any atom is -0.505 e. The third-order valence-electron chi connectivity index (χ3n) is 5.43. The highest BCUT2D eigenvalue weighted by atomic mass is 32.2. The number of fused-ring (bicyclic) bond motifs is 1. The van der Waals surface area contributed by atoms with Crippen molar-refractivity contribution in [2.24, 2.45) is 7.05 Å². The van der Waals surface area contributed by atoms with Crippen LogP contribution in [0.2, 0.25) is 0 Å². The van der Waals surface area contributed by atoms with Crippen LogP contribution in [-0.2, 0) is 21.3 Å². The average molecular weight is 420 g/mol. The van der Waals surface area contributed by atoms with Crippen molar-refractivity contribution in [2.45, 2.75) is 50.0 Å². The number of aromatic hydroxyl groups is 1. The molecular formula is C20H24N2O6S. The van der Waals surface area contributed by atoms with E-state index in [-0.39, 0.29) is 16.0 Å². The molecule has 2 heterocycles. The smallest absolute Gasteiger partial charge is 0.304 e. The molecule has 1 fully saturated rings. The van der Waals surface area contributed by atoms with Crippen molar-refractivity contribution in [2.75, 3.05) is 7.11 Å². The highest BCUT2D eigenvalue weighted by Crippen LogP contribution is 2.48. The molecule has 0 spiro atoms. The summed E-state index contributed by atoms with van der Waals surface area (Å²) in [6, 6.07) is 3.36. The molecule has 0 unspecified atom stereocenters. The molecule has 8 nitrogen and oxygen atoms in total. The zero-order valence-corrected chi connectivity index (χ0v) is 17.5. The average Bonchev–Trinajstić information content (AvgIpc) is 3.27. The third kappa shape index (κ3) is 3.38. The number of rotatable bonds is 5. The molecule has 156 valence electrons. The fourth-order valence-electron chi connectivity index (χ4n) is 3.88. The summed E-state index contributed by atoms with van der Waals surface area (Å²) in [7, 11) is -1.06. The molecule has 1 N–H and O–H groups in total. The first-order valence-electron chi connectivity index (χ1n) is 9.58. The van der Waals surface area contributed by atoms with Gasteiger partial charge in [-0.15, -0.1) is 0 Å². The van der Waals surface area contributed by atoms with E-state index in [1.807, 2.05) is 6.92 Å². The van der Waals surface area contributed by atoms with Gasteiger partial charge in [-0.3, -0.25) is 8.86 Å². The number of aryl methyl sites for hydroxylation is 2. The number of hydrogen-bond donors (Lipinski definition) is 1. The van der Waals surface area contributed by atoms with Gasteiger partial charge in [0, 0.05) is 12.7 Å². The molecule has 1 saturated carbocycles. The van der Waals surface area contributed by atoms with E-state index in [1.165, 1.54) is 13.4 Å². The molecule has 3 aromatic rings. The fourth-order valence-corrected chi connectivity index (χ4v) is 5.25. The van der Waals surface area contributed by atoms with Gasteiger partial charge in [0.1, 0.15) is 11.4 Å². The van der Waals surface area contributed by atoms with E-state index in [0.29, 0.717) is 29.7 Å². The van der Waals surface area contributed by atoms with Crippen molar-refractivity contribution < 1.29 is 26.9 Å². The third-order valence-corrected chi connectivity index (χ3v) is 6.84. The first kappa shape index (κ1) is 19.8. The molecule has 4 rings (SSSR count). The first-order chi connectivity index (χ1) is 13.8. The van der Waals surface area contributed by atoms with Crippen molar-refractivity contribution in [1.29, 1.82) is 0 Å². The van der Waals surface area contributed by atoms with Gasteiger partial charge in [-0.1, -0.05) is 19.3 Å². The molecule has 0 amide bonds. The summed E-state index contributed by atoms with van der Waals surface area (Å²) in [5.74, 6) is -0.195. The Kier molecular flexibility index (Phi) is 5.04. The van der Waals surface area contributed by atoms with Crippen LogP contribution in [0.15, 0.2) is 27.7 Å². The Morgan fingerprint density at radius 3 is 2.62 bits per heavy atom. The monoisotopic (exact) mass is 420 g/mol. The van der Waals surface area contributed by atoms with Gasteiger partial charge in [0.05, 0.1) is 30.4 Å². The van der Waals surface area contributed by atoms with Crippen LogP contribution in [0, 0.1) is 6.92 Å². The molecule has 9 heteroatoms. The van der Waals surface area contributed by atoms with Crippen molar-refractivity contribution in [3.63, 3.8) is 0 Å². The number of benzene rings is 1. The molecule has 1 aliphatic carbocycles. The summed E-state index contributed by atoms with van der Waals surface area (Å²) in [6.45, 7) is 1.86. The standard InChI is InChI=1S/C20H24N2O6S/c1-12-11-15(21-22(12)2)16-17(23)20(19-14(9-10-27-19)18(16)26-3)29(24,25)28-13-7-5-4-6-8-13/h9-11,13,23H,4-8H2,1-3H3. The number of aromatic nitrogens is 2. The van der Waals surface area contributed by atoms with Crippen LogP contribution in [-0.4, -0.2) is 36.5 Å². The Hall–Kier alpha value is -2.52. The number of furan rings is 1. The molecule has 0 bridgehead atoms. The summed E-state index contributed by atoms with van der Waals surface area (Å²) >= 11 is 0. The number of phenolic OH excluding ortho intramolecular Hbond substituents is 1. The normalized spacial score (nSPS) is 15.8. The van der Waals surface area contributed by atoms with E-state index in [2.05, 4.69) is 5.10 Å². The van der Waals surface area contributed by atoms with Crippen LogP contribution >= 0.6 is 0 Å². The van der Waals surface area contributed by atoms with E-state index in [0.717, 1.165) is 25.0 Å². The van der Waals surface area contributed by atoms with Crippen LogP contribution in [0.5, 0.6) is 11.5 Å². The predicted octanol–water partition coefficient (Wildman–Crippen LogP) is 3.89. The molecule has 1 aromatic carbocycles. The Balaban J connectivity index is 1.94. The summed E-state index contributed by atoms with van der Waals surface area (Å²) in [4.78, 5) is -0.387. The second kappa shape index (κ2) is 7.38. The van der Waals surface area contributed by atoms with E-state index in [9.17, 15) is 13.5 Å². The van der Waals surface area contributed by atoms with Gasteiger partial charge in [0.2, 0.25) is 0 Å². The lowest BCUT2D eigenvalue weighted by Crippen LogP contribution is -2.21. The van der Waals surface area contributed by atoms with Crippen molar-refractivity contribution >= 4 is 21.1 Å². The maximum atomic E-state index is 13.2. The van der Waals surface area contributed by atoms with Crippen LogP contribution in [0.4, 0.5) is 0 Å². The number of phenols is 1. The van der Waals surface area contributed by atoms with Crippen LogP contribution in [0.1, 0.15) is 37.8 Å². The quantitative estimate of drug-likeness (QED) is 0.624. The van der Waals surface area contributed by atoms with E-state index in [4.69, 9.17) is 13.3 Å². The maximum absolute atomic E-state index is 13.2. The van der Waals surface area contributed by atoms with Crippen molar-refractivity contribution in [1.82, 2.24) is 9.78 Å². The van der Waals surface area contributed by atoms with Gasteiger partial charge in [-0.2, -0.15) is 13.5 Å². The zero-order valence-electron chi connectivity index (χ0n) is 16.6. The lowest BCUT2D eigenvalue weighted by atomic mass is 9.98. The Morgan fingerprint density at radius 1 is 1.28 bits per heavy atom. The molecule has 1 aliphatic rings. The summed E-state index contributed by atoms with van der Waals surface area (Å²) in [5.41, 5.74) is 1.44. The summed E-state index contributed by atoms with van der Waals surface area (Å²) in [6.07, 6.45) is 5.21. The van der Waals surface area contributed by atoms with Gasteiger partial charge in [0.25, 0.3) is 0 Å². The molecule has 0 saturated heterocycles. The summed E-state index contributed by atoms with van der Waals surface area (Å²) < 4.78 is 44.5. The van der Waals surface area contributed by atoms with E-state index < -0.39 is 22.0 Å². The second-order valence-electron chi connectivity index (χ2n) is 7.35. The number of nitrogens with zero attached hydrogens (tertiary/aromatic N) is 2. The van der Waals surface area contributed by atoms with E-state index >= 15 is 0 Å². The van der Waals surface area contributed by atoms with E-state index in [1.54, 1.807) is 23.9 Å². The Bertz CT molecular complexity index is 1140. The molecule has 0 atom stereocenters. The Morgan fingerprint density at radius 2 is 2.00 bits per heavy atom. The minimum absolute atomic E-state index is 0.00608. The van der Waals surface area contributed by atoms with Gasteiger partial charge in [-0.25, -0.2) is 0 Å². The highest BCUT2D eigenvalue weighted by molar-refractivity contribution is 7.87. The highest BCUT2D eigenvalue weighted by Gasteiger charge is 2.34. The Labute approximate surface area is 169 Å². The van der Waals surface area contributed by atoms with Crippen LogP contribution in [0.25, 0.3) is 22.2 Å². The lowest BCUT2D eigenvalue weighted by molar-refractivity contribution is 0.162. The fraction of sp³-hybridized carbons (Fsp3) is 0.450. The van der Waals surface area contributed by atoms with Crippen molar-refractivity contribution in [3.8, 4) is 22.8 Å². The van der Waals surface area contributed by atoms with Crippen LogP contribution in [0.3, 0.4) is 0 Å². The zero-order chi connectivity index (χ0) is 20.8. The molecular weight excluding hydrogens is 396 g/mol. The topological polar surface area (TPSA) is 104 Å². The van der Waals surface area contributed by atoms with Crippen LogP contribution < -0.4 is 4.74 Å². The molecule has 0 aliphatic heterocycles. The number of methoxy groups -OCH3 is 1. The van der Waals surface area contributed by atoms with Gasteiger partial charge < -0.3 is 14.3 Å². The number of hydrogen-bond acceptors (Lipinski definition) is 7. The summed E-state index contributed by atoms with van der Waals surface area (Å²) in [5, 5.41) is 15.9. The minimum atomic E-state index is -4.28. The molecule has 0 radical (unpaired) electrons. The van der Waals surface area contributed by atoms with Gasteiger partial charge in [0.15, 0.2) is 16.2 Å². The lowest BCUT2D eigenvalue weighted by Gasteiger charge is -2.22. The molecule has 29 heavy (non-hydrogen) atoms. The van der Waals surface area contributed by atoms with Gasteiger partial charge in [-0.05, 0) is 31.9 Å². The van der Waals surface area contributed by atoms with Gasteiger partial charge >= 0.3 is 10.1 Å². The largest absolute Gasteiger partial charge is 0.505 e. The molecule has 2 aromatic heterocycles. The number of ether oxygens (including phenoxy) is 1.